The highest BCUT2D eigenvalue weighted by molar-refractivity contribution is 5.69. The Labute approximate surface area is 213 Å². The van der Waals surface area contributed by atoms with Crippen molar-refractivity contribution < 1.29 is 28.5 Å². The van der Waals surface area contributed by atoms with Crippen LogP contribution in [-0.4, -0.2) is 27.2 Å². The summed E-state index contributed by atoms with van der Waals surface area (Å²) in [6.45, 7) is 0.329. The zero-order chi connectivity index (χ0) is 25.5. The van der Waals surface area contributed by atoms with E-state index in [4.69, 9.17) is 19.3 Å². The largest absolute Gasteiger partial charge is 0.492 e. The lowest BCUT2D eigenvalue weighted by molar-refractivity contribution is -0.137. The van der Waals surface area contributed by atoms with Crippen LogP contribution in [0.2, 0.25) is 0 Å². The zero-order valence-corrected chi connectivity index (χ0v) is 20.2. The molecule has 7 nitrogen and oxygen atoms in total. The average Bonchev–Trinajstić information content (AvgIpc) is 3.61. The van der Waals surface area contributed by atoms with E-state index in [1.54, 1.807) is 24.4 Å². The third kappa shape index (κ3) is 4.39. The fourth-order valence-electron chi connectivity index (χ4n) is 5.17. The van der Waals surface area contributed by atoms with Gasteiger partial charge < -0.3 is 23.9 Å². The van der Waals surface area contributed by atoms with Crippen molar-refractivity contribution in [2.24, 2.45) is 7.05 Å². The molecule has 188 valence electrons. The summed E-state index contributed by atoms with van der Waals surface area (Å²) in [7, 11) is 1.94. The molecule has 1 unspecified atom stereocenters. The van der Waals surface area contributed by atoms with Crippen LogP contribution in [0.1, 0.15) is 41.6 Å². The number of benzene rings is 3. The quantitative estimate of drug-likeness (QED) is 0.333. The maximum atomic E-state index is 15.0. The summed E-state index contributed by atoms with van der Waals surface area (Å²) in [4.78, 5) is 15.5. The van der Waals surface area contributed by atoms with Gasteiger partial charge in [0.2, 0.25) is 0 Å². The number of hydrogen-bond donors (Lipinski definition) is 1. The molecule has 6 rings (SSSR count). The fraction of sp³-hybridized carbons (Fsp3) is 0.241. The maximum Gasteiger partial charge on any atom is 0.304 e. The highest BCUT2D eigenvalue weighted by atomic mass is 19.1. The predicted molar refractivity (Wildman–Crippen MR) is 134 cm³/mol. The Hall–Kier alpha value is -4.33. The molecule has 2 heterocycles. The Morgan fingerprint density at radius 3 is 2.73 bits per heavy atom. The first-order valence-corrected chi connectivity index (χ1v) is 12.2. The van der Waals surface area contributed by atoms with E-state index in [1.165, 1.54) is 6.07 Å². The van der Waals surface area contributed by atoms with Gasteiger partial charge >= 0.3 is 5.97 Å². The van der Waals surface area contributed by atoms with Crippen LogP contribution in [0.25, 0.3) is 11.4 Å². The second kappa shape index (κ2) is 9.28. The van der Waals surface area contributed by atoms with E-state index in [0.717, 1.165) is 22.5 Å². The smallest absolute Gasteiger partial charge is 0.304 e. The number of imidazole rings is 1. The number of carboxylic acid groups (broad SMARTS) is 1. The van der Waals surface area contributed by atoms with Crippen LogP contribution in [0.4, 0.5) is 4.39 Å². The molecule has 37 heavy (non-hydrogen) atoms. The summed E-state index contributed by atoms with van der Waals surface area (Å²) in [6, 6.07) is 16.1. The van der Waals surface area contributed by atoms with Crippen molar-refractivity contribution in [2.75, 3.05) is 6.61 Å². The van der Waals surface area contributed by atoms with Crippen molar-refractivity contribution in [1.82, 2.24) is 9.55 Å². The van der Waals surface area contributed by atoms with Crippen molar-refractivity contribution in [1.29, 1.82) is 0 Å². The highest BCUT2D eigenvalue weighted by Gasteiger charge is 2.32. The van der Waals surface area contributed by atoms with Gasteiger partial charge in [0.05, 0.1) is 13.0 Å². The summed E-state index contributed by atoms with van der Waals surface area (Å²) in [5, 5.41) is 9.11. The van der Waals surface area contributed by atoms with Gasteiger partial charge in [0.25, 0.3) is 0 Å². The van der Waals surface area contributed by atoms with Crippen LogP contribution >= 0.6 is 0 Å². The van der Waals surface area contributed by atoms with Crippen molar-refractivity contribution in [3.05, 3.63) is 89.5 Å². The van der Waals surface area contributed by atoms with Gasteiger partial charge in [-0.25, -0.2) is 9.37 Å². The maximum absolute atomic E-state index is 15.0. The molecule has 1 aliphatic carbocycles. The van der Waals surface area contributed by atoms with Gasteiger partial charge in [-0.15, -0.1) is 0 Å². The second-order valence-electron chi connectivity index (χ2n) is 9.38. The molecular formula is C29H25FN2O5. The van der Waals surface area contributed by atoms with Gasteiger partial charge in [-0.05, 0) is 55.3 Å². The molecule has 0 radical (unpaired) electrons. The molecule has 0 spiro atoms. The molecule has 2 aliphatic rings. The van der Waals surface area contributed by atoms with Gasteiger partial charge in [-0.3, -0.25) is 4.79 Å². The van der Waals surface area contributed by atoms with Crippen LogP contribution < -0.4 is 14.2 Å². The summed E-state index contributed by atoms with van der Waals surface area (Å²) in [5.74, 6) is 1.95. The van der Waals surface area contributed by atoms with E-state index in [1.807, 2.05) is 48.1 Å². The first-order chi connectivity index (χ1) is 18.0. The topological polar surface area (TPSA) is 82.8 Å². The number of fused-ring (bicyclic) bond motifs is 2. The third-order valence-electron chi connectivity index (χ3n) is 6.97. The molecule has 0 saturated carbocycles. The molecule has 0 bridgehead atoms. The lowest BCUT2D eigenvalue weighted by Crippen LogP contribution is -2.07. The standard InChI is InChI=1S/C29H25FN2O5/c1-32-13-12-31-29(32)17-2-4-19(5-3-17)36-24-11-9-23(30)28-22(24)8-10-25(28)37-20-6-7-21-18(14-27(33)34)16-35-26(21)15-20/h2-7,9,11-13,15,18,25H,8,10,14,16H2,1H3,(H,33,34)/t18?,25-/m1/s1. The van der Waals surface area contributed by atoms with E-state index in [9.17, 15) is 9.18 Å². The first-order valence-electron chi connectivity index (χ1n) is 12.2. The number of carbonyl (C=O) groups is 1. The lowest BCUT2D eigenvalue weighted by Gasteiger charge is -2.17. The number of hydrogen-bond acceptors (Lipinski definition) is 5. The highest BCUT2D eigenvalue weighted by Crippen LogP contribution is 2.44. The molecule has 4 aromatic rings. The van der Waals surface area contributed by atoms with E-state index in [-0.39, 0.29) is 18.2 Å². The normalized spacial score (nSPS) is 17.7. The lowest BCUT2D eigenvalue weighted by atomic mass is 9.98. The summed E-state index contributed by atoms with van der Waals surface area (Å²) < 4.78 is 35.0. The number of nitrogens with zero attached hydrogens (tertiary/aromatic N) is 2. The Morgan fingerprint density at radius 2 is 1.97 bits per heavy atom. The Morgan fingerprint density at radius 1 is 1.16 bits per heavy atom. The van der Waals surface area contributed by atoms with Crippen molar-refractivity contribution in [2.45, 2.75) is 31.3 Å². The molecule has 1 N–H and O–H groups in total. The van der Waals surface area contributed by atoms with Crippen LogP contribution in [0.5, 0.6) is 23.0 Å². The van der Waals surface area contributed by atoms with Crippen molar-refractivity contribution in [3.63, 3.8) is 0 Å². The molecule has 3 aromatic carbocycles. The van der Waals surface area contributed by atoms with Crippen LogP contribution in [0.15, 0.2) is 67.0 Å². The van der Waals surface area contributed by atoms with E-state index < -0.39 is 12.1 Å². The predicted octanol–water partition coefficient (Wildman–Crippen LogP) is 6.04. The number of aliphatic carboxylic acids is 1. The summed E-state index contributed by atoms with van der Waals surface area (Å²) in [6.07, 6.45) is 4.45. The van der Waals surface area contributed by atoms with Gasteiger partial charge in [0.1, 0.15) is 40.7 Å². The monoisotopic (exact) mass is 500 g/mol. The number of aromatic nitrogens is 2. The minimum Gasteiger partial charge on any atom is -0.492 e. The Bertz CT molecular complexity index is 1480. The summed E-state index contributed by atoms with van der Waals surface area (Å²) >= 11 is 0. The van der Waals surface area contributed by atoms with E-state index in [0.29, 0.717) is 48.0 Å². The van der Waals surface area contributed by atoms with E-state index >= 15 is 0 Å². The number of halogens is 1. The van der Waals surface area contributed by atoms with Gasteiger partial charge in [0, 0.05) is 53.7 Å². The Balaban J connectivity index is 1.20. The second-order valence-corrected chi connectivity index (χ2v) is 9.38. The summed E-state index contributed by atoms with van der Waals surface area (Å²) in [5.41, 5.74) is 3.15. The molecule has 1 aromatic heterocycles. The van der Waals surface area contributed by atoms with Crippen molar-refractivity contribution >= 4 is 5.97 Å². The first kappa shape index (κ1) is 23.1. The zero-order valence-electron chi connectivity index (χ0n) is 20.2. The molecule has 0 amide bonds. The fourth-order valence-corrected chi connectivity index (χ4v) is 5.17. The van der Waals surface area contributed by atoms with Crippen LogP contribution in [-0.2, 0) is 18.3 Å². The van der Waals surface area contributed by atoms with Crippen LogP contribution in [0.3, 0.4) is 0 Å². The number of ether oxygens (including phenoxy) is 3. The Kier molecular flexibility index (Phi) is 5.79. The van der Waals surface area contributed by atoms with Gasteiger partial charge in [-0.2, -0.15) is 0 Å². The SMILES string of the molecule is Cn1ccnc1-c1ccc(Oc2ccc(F)c3c2CC[C@H]3Oc2ccc3c(c2)OCC3CC(=O)O)cc1. The molecule has 0 saturated heterocycles. The number of rotatable bonds is 7. The van der Waals surface area contributed by atoms with Gasteiger partial charge in [-0.1, -0.05) is 6.07 Å². The van der Waals surface area contributed by atoms with Crippen LogP contribution in [0, 0.1) is 5.82 Å². The van der Waals surface area contributed by atoms with E-state index in [2.05, 4.69) is 4.98 Å². The number of aryl methyl sites for hydroxylation is 1. The third-order valence-corrected chi connectivity index (χ3v) is 6.97. The van der Waals surface area contributed by atoms with Crippen molar-refractivity contribution in [3.8, 4) is 34.4 Å². The molecule has 0 fully saturated rings. The minimum absolute atomic E-state index is 0.0168. The minimum atomic E-state index is -0.859. The molecular weight excluding hydrogens is 475 g/mol. The van der Waals surface area contributed by atoms with Gasteiger partial charge in [0.15, 0.2) is 0 Å². The number of carboxylic acids is 1. The average molecular weight is 501 g/mol. The molecule has 8 heteroatoms. The molecule has 2 atom stereocenters. The molecule has 1 aliphatic heterocycles.